The maximum absolute atomic E-state index is 13.2. The van der Waals surface area contributed by atoms with Crippen LogP contribution in [0.5, 0.6) is 23.0 Å². The first-order chi connectivity index (χ1) is 29.3. The minimum absolute atomic E-state index is 0.0657. The molecule has 0 spiro atoms. The number of ether oxygens (including phenoxy) is 6. The molecule has 0 aliphatic rings. The van der Waals surface area contributed by atoms with Crippen molar-refractivity contribution >= 4 is 23.9 Å². The van der Waals surface area contributed by atoms with Crippen LogP contribution in [-0.4, -0.2) is 60.3 Å². The van der Waals surface area contributed by atoms with E-state index < -0.39 is 23.9 Å². The van der Waals surface area contributed by atoms with E-state index in [9.17, 15) is 24.4 Å². The highest BCUT2D eigenvalue weighted by Gasteiger charge is 2.18. The zero-order chi connectivity index (χ0) is 42.5. The van der Waals surface area contributed by atoms with E-state index in [-0.39, 0.29) is 28.2 Å². The van der Waals surface area contributed by atoms with Gasteiger partial charge in [0.05, 0.1) is 60.6 Å². The van der Waals surface area contributed by atoms with E-state index in [0.717, 1.165) is 61.8 Å². The van der Waals surface area contributed by atoms with Crippen LogP contribution in [0.2, 0.25) is 0 Å². The number of rotatable bonds is 22. The standard InChI is InChI=1S/C47H43N3O10/c1-3-44(51)57-27-9-5-7-25-55-38-18-12-34(13-19-38)40-22-16-36(31-49-40)46(53)59-42-24-11-33(30-48)29-43(42)60-47(54)37-17-23-41(50-32-37)35-14-20-39(21-15-35)56-26-8-6-10-28-58-45(52)4-2/h3-4,11-24,29,31-32H,1-2,5-10,25-28H2. The molecule has 0 saturated carbocycles. The van der Waals surface area contributed by atoms with Gasteiger partial charge < -0.3 is 28.4 Å². The third kappa shape index (κ3) is 13.5. The molecular formula is C47H43N3O10. The van der Waals surface area contributed by atoms with Gasteiger partial charge in [-0.05, 0) is 123 Å². The highest BCUT2D eigenvalue weighted by Crippen LogP contribution is 2.31. The Labute approximate surface area is 347 Å². The molecule has 0 atom stereocenters. The summed E-state index contributed by atoms with van der Waals surface area (Å²) in [5, 5.41) is 9.49. The van der Waals surface area contributed by atoms with Gasteiger partial charge in [0, 0.05) is 41.7 Å². The Balaban J connectivity index is 1.11. The third-order valence-electron chi connectivity index (χ3n) is 8.71. The quantitative estimate of drug-likeness (QED) is 0.0281. The van der Waals surface area contributed by atoms with Gasteiger partial charge >= 0.3 is 23.9 Å². The van der Waals surface area contributed by atoms with E-state index in [1.165, 1.54) is 30.6 Å². The summed E-state index contributed by atoms with van der Waals surface area (Å²) in [6, 6.07) is 27.4. The largest absolute Gasteiger partial charge is 0.494 e. The van der Waals surface area contributed by atoms with Crippen molar-refractivity contribution in [1.29, 1.82) is 5.26 Å². The lowest BCUT2D eigenvalue weighted by molar-refractivity contribution is -0.138. The Bertz CT molecular complexity index is 2280. The average Bonchev–Trinajstić information content (AvgIpc) is 3.29. The van der Waals surface area contributed by atoms with Crippen molar-refractivity contribution in [3.05, 3.63) is 145 Å². The van der Waals surface area contributed by atoms with Gasteiger partial charge in [0.1, 0.15) is 11.5 Å². The van der Waals surface area contributed by atoms with Crippen LogP contribution in [0.15, 0.2) is 129 Å². The van der Waals surface area contributed by atoms with Gasteiger partial charge in [-0.15, -0.1) is 0 Å². The molecule has 0 unspecified atom stereocenters. The van der Waals surface area contributed by atoms with Gasteiger partial charge in [-0.3, -0.25) is 9.97 Å². The lowest BCUT2D eigenvalue weighted by Crippen LogP contribution is -2.13. The summed E-state index contributed by atoms with van der Waals surface area (Å²) in [7, 11) is 0. The number of unbranched alkanes of at least 4 members (excludes halogenated alkanes) is 4. The second kappa shape index (κ2) is 23.0. The van der Waals surface area contributed by atoms with Crippen LogP contribution in [0.3, 0.4) is 0 Å². The summed E-state index contributed by atoms with van der Waals surface area (Å²) >= 11 is 0. The molecule has 0 N–H and O–H groups in total. The third-order valence-corrected chi connectivity index (χ3v) is 8.71. The predicted molar refractivity (Wildman–Crippen MR) is 221 cm³/mol. The monoisotopic (exact) mass is 809 g/mol. The zero-order valence-electron chi connectivity index (χ0n) is 32.9. The number of aromatic nitrogens is 2. The van der Waals surface area contributed by atoms with Crippen molar-refractivity contribution < 1.29 is 47.6 Å². The summed E-state index contributed by atoms with van der Waals surface area (Å²) in [5.41, 5.74) is 3.33. The molecule has 13 nitrogen and oxygen atoms in total. The minimum atomic E-state index is -0.768. The number of carbonyl (C=O) groups is 4. The van der Waals surface area contributed by atoms with Gasteiger partial charge in [0.2, 0.25) is 0 Å². The van der Waals surface area contributed by atoms with E-state index >= 15 is 0 Å². The molecule has 0 saturated heterocycles. The Kier molecular flexibility index (Phi) is 16.7. The van der Waals surface area contributed by atoms with Crippen molar-refractivity contribution in [1.82, 2.24) is 9.97 Å². The molecule has 3 aromatic carbocycles. The van der Waals surface area contributed by atoms with Crippen molar-refractivity contribution in [3.63, 3.8) is 0 Å². The minimum Gasteiger partial charge on any atom is -0.494 e. The van der Waals surface area contributed by atoms with Crippen LogP contribution < -0.4 is 18.9 Å². The molecular weight excluding hydrogens is 767 g/mol. The fraction of sp³-hybridized carbons (Fsp3) is 0.213. The number of carbonyl (C=O) groups excluding carboxylic acids is 4. The van der Waals surface area contributed by atoms with Gasteiger partial charge in [-0.25, -0.2) is 19.2 Å². The maximum Gasteiger partial charge on any atom is 0.345 e. The highest BCUT2D eigenvalue weighted by atomic mass is 16.6. The normalized spacial score (nSPS) is 10.4. The summed E-state index contributed by atoms with van der Waals surface area (Å²) in [5.74, 6) is -1.16. The van der Waals surface area contributed by atoms with E-state index in [1.807, 2.05) is 54.6 Å². The summed E-state index contributed by atoms with van der Waals surface area (Å²) in [6.07, 6.45) is 9.84. The number of pyridine rings is 2. The first-order valence-corrected chi connectivity index (χ1v) is 19.2. The van der Waals surface area contributed by atoms with Gasteiger partial charge in [0.25, 0.3) is 0 Å². The average molecular weight is 810 g/mol. The van der Waals surface area contributed by atoms with Gasteiger partial charge in [0.15, 0.2) is 11.5 Å². The van der Waals surface area contributed by atoms with E-state index in [4.69, 9.17) is 28.4 Å². The van der Waals surface area contributed by atoms with Crippen LogP contribution in [0.4, 0.5) is 0 Å². The molecule has 0 aliphatic heterocycles. The molecule has 5 aromatic rings. The number of nitrogens with zero attached hydrogens (tertiary/aromatic N) is 3. The molecule has 2 aromatic heterocycles. The Hall–Kier alpha value is -7.59. The van der Waals surface area contributed by atoms with E-state index in [1.54, 1.807) is 24.3 Å². The zero-order valence-corrected chi connectivity index (χ0v) is 32.9. The maximum atomic E-state index is 13.2. The summed E-state index contributed by atoms with van der Waals surface area (Å²) in [4.78, 5) is 57.4. The number of hydrogen-bond donors (Lipinski definition) is 0. The SMILES string of the molecule is C=CC(=O)OCCCCCOc1ccc(-c2ccc(C(=O)Oc3ccc(C#N)cc3OC(=O)c3ccc(-c4ccc(OCCCCCOC(=O)C=C)cc4)nc3)cn2)cc1. The second-order valence-corrected chi connectivity index (χ2v) is 13.0. The lowest BCUT2D eigenvalue weighted by Gasteiger charge is -2.11. The number of esters is 4. The van der Waals surface area contributed by atoms with Crippen molar-refractivity contribution in [2.75, 3.05) is 26.4 Å². The molecule has 0 fully saturated rings. The van der Waals surface area contributed by atoms with Crippen LogP contribution in [0.25, 0.3) is 22.5 Å². The molecule has 0 aliphatic carbocycles. The molecule has 0 amide bonds. The summed E-state index contributed by atoms with van der Waals surface area (Å²) < 4.78 is 32.7. The van der Waals surface area contributed by atoms with Crippen molar-refractivity contribution in [3.8, 4) is 51.6 Å². The fourth-order valence-electron chi connectivity index (χ4n) is 5.48. The molecule has 2 heterocycles. The molecule has 60 heavy (non-hydrogen) atoms. The Morgan fingerprint density at radius 3 is 1.42 bits per heavy atom. The molecule has 0 bridgehead atoms. The van der Waals surface area contributed by atoms with Gasteiger partial charge in [-0.2, -0.15) is 5.26 Å². The first kappa shape index (κ1) is 43.5. The van der Waals surface area contributed by atoms with Gasteiger partial charge in [-0.1, -0.05) is 13.2 Å². The highest BCUT2D eigenvalue weighted by molar-refractivity contribution is 5.93. The van der Waals surface area contributed by atoms with Crippen LogP contribution >= 0.6 is 0 Å². The summed E-state index contributed by atoms with van der Waals surface area (Å²) in [6.45, 7) is 8.47. The molecule has 5 rings (SSSR count). The Morgan fingerprint density at radius 2 is 1.00 bits per heavy atom. The molecule has 306 valence electrons. The van der Waals surface area contributed by atoms with E-state index in [2.05, 4.69) is 23.1 Å². The first-order valence-electron chi connectivity index (χ1n) is 19.2. The van der Waals surface area contributed by atoms with E-state index in [0.29, 0.717) is 49.3 Å². The number of benzene rings is 3. The Morgan fingerprint density at radius 1 is 0.550 bits per heavy atom. The molecule has 0 radical (unpaired) electrons. The fourth-order valence-corrected chi connectivity index (χ4v) is 5.48. The predicted octanol–water partition coefficient (Wildman–Crippen LogP) is 8.68. The van der Waals surface area contributed by atoms with Crippen LogP contribution in [-0.2, 0) is 19.1 Å². The van der Waals surface area contributed by atoms with Crippen molar-refractivity contribution in [2.45, 2.75) is 38.5 Å². The second-order valence-electron chi connectivity index (χ2n) is 13.0. The topological polar surface area (TPSA) is 173 Å². The van der Waals surface area contributed by atoms with Crippen LogP contribution in [0.1, 0.15) is 64.8 Å². The van der Waals surface area contributed by atoms with Crippen molar-refractivity contribution in [2.24, 2.45) is 0 Å². The number of nitriles is 1. The molecule has 13 heteroatoms. The number of hydrogen-bond acceptors (Lipinski definition) is 13. The lowest BCUT2D eigenvalue weighted by atomic mass is 10.1. The van der Waals surface area contributed by atoms with Crippen LogP contribution in [0, 0.1) is 11.3 Å². The smallest absolute Gasteiger partial charge is 0.345 e.